The van der Waals surface area contributed by atoms with Crippen LogP contribution in [0.3, 0.4) is 0 Å². The van der Waals surface area contributed by atoms with Gasteiger partial charge in [0.15, 0.2) is 4.34 Å². The molecule has 0 amide bonds. The third kappa shape index (κ3) is 2.64. The molecule has 0 saturated heterocycles. The number of hydrogen-bond acceptors (Lipinski definition) is 6. The Kier molecular flexibility index (Phi) is 3.64. The molecule has 5 N–H and O–H groups in total. The Morgan fingerprint density at radius 2 is 2.29 bits per heavy atom. The number of nitrogens with one attached hydrogen (secondary N) is 1. The first-order valence-corrected chi connectivity index (χ1v) is 8.38. The molecule has 0 radical (unpaired) electrons. The highest BCUT2D eigenvalue weighted by Gasteiger charge is 2.29. The SMILES string of the molecule is CSc1nc2cc(F)c(CC3(N)NC=CC=C3N)cc2s1. The number of rotatable bonds is 3. The number of nitrogens with zero attached hydrogens (tertiary/aromatic N) is 1. The lowest BCUT2D eigenvalue weighted by atomic mass is 9.95. The highest BCUT2D eigenvalue weighted by Crippen LogP contribution is 2.31. The molecule has 21 heavy (non-hydrogen) atoms. The van der Waals surface area contributed by atoms with E-state index in [0.717, 1.165) is 9.04 Å². The van der Waals surface area contributed by atoms with E-state index in [4.69, 9.17) is 11.5 Å². The Balaban J connectivity index is 1.98. The van der Waals surface area contributed by atoms with Crippen molar-refractivity contribution in [3.05, 3.63) is 47.6 Å². The molecule has 4 nitrogen and oxygen atoms in total. The molecule has 7 heteroatoms. The molecular formula is C14H15FN4S2. The van der Waals surface area contributed by atoms with Gasteiger partial charge in [0, 0.05) is 18.2 Å². The van der Waals surface area contributed by atoms with Crippen LogP contribution in [0.15, 0.2) is 40.5 Å². The molecule has 110 valence electrons. The van der Waals surface area contributed by atoms with Gasteiger partial charge in [-0.05, 0) is 36.2 Å². The highest BCUT2D eigenvalue weighted by molar-refractivity contribution is 8.00. The van der Waals surface area contributed by atoms with E-state index in [-0.39, 0.29) is 12.2 Å². The largest absolute Gasteiger partial charge is 0.399 e. The number of dihydropyridines is 1. The van der Waals surface area contributed by atoms with Gasteiger partial charge in [-0.2, -0.15) is 0 Å². The summed E-state index contributed by atoms with van der Waals surface area (Å²) in [6.07, 6.45) is 7.44. The van der Waals surface area contributed by atoms with Crippen LogP contribution in [0.4, 0.5) is 4.39 Å². The standard InChI is InChI=1S/C14H15FN4S2/c1-20-13-19-10-6-9(15)8(5-11(10)21-13)7-14(17)12(16)3-2-4-18-14/h2-6,18H,7,16-17H2,1H3. The van der Waals surface area contributed by atoms with Crippen LogP contribution in [0.25, 0.3) is 10.2 Å². The minimum Gasteiger partial charge on any atom is -0.399 e. The van der Waals surface area contributed by atoms with Gasteiger partial charge in [0.1, 0.15) is 11.5 Å². The Hall–Kier alpha value is -1.57. The molecule has 1 aromatic carbocycles. The van der Waals surface area contributed by atoms with E-state index < -0.39 is 5.66 Å². The molecular weight excluding hydrogens is 307 g/mol. The van der Waals surface area contributed by atoms with Crippen LogP contribution in [0.5, 0.6) is 0 Å². The third-order valence-corrected chi connectivity index (χ3v) is 5.41. The Labute approximate surface area is 130 Å². The predicted octanol–water partition coefficient (Wildman–Crippen LogP) is 2.31. The molecule has 1 aliphatic rings. The molecule has 0 spiro atoms. The van der Waals surface area contributed by atoms with Gasteiger partial charge in [-0.15, -0.1) is 11.3 Å². The lowest BCUT2D eigenvalue weighted by molar-refractivity contribution is 0.425. The van der Waals surface area contributed by atoms with Gasteiger partial charge < -0.3 is 16.8 Å². The summed E-state index contributed by atoms with van der Waals surface area (Å²) >= 11 is 3.10. The summed E-state index contributed by atoms with van der Waals surface area (Å²) in [5.41, 5.74) is 12.9. The summed E-state index contributed by atoms with van der Waals surface area (Å²) in [6, 6.07) is 3.27. The molecule has 1 unspecified atom stereocenters. The van der Waals surface area contributed by atoms with E-state index >= 15 is 0 Å². The van der Waals surface area contributed by atoms with Gasteiger partial charge in [-0.25, -0.2) is 9.37 Å². The predicted molar refractivity (Wildman–Crippen MR) is 86.5 cm³/mol. The van der Waals surface area contributed by atoms with Crippen LogP contribution in [0.1, 0.15) is 5.56 Å². The Bertz CT molecular complexity index is 753. The van der Waals surface area contributed by atoms with Gasteiger partial charge in [0.05, 0.1) is 10.2 Å². The minimum atomic E-state index is -0.962. The molecule has 2 aromatic rings. The average Bonchev–Trinajstić information content (AvgIpc) is 2.85. The molecule has 3 rings (SSSR count). The van der Waals surface area contributed by atoms with Crippen molar-refractivity contribution in [1.82, 2.24) is 10.3 Å². The minimum absolute atomic E-state index is 0.272. The van der Waals surface area contributed by atoms with Gasteiger partial charge >= 0.3 is 0 Å². The van der Waals surface area contributed by atoms with E-state index in [1.54, 1.807) is 41.5 Å². The van der Waals surface area contributed by atoms with E-state index in [1.807, 2.05) is 12.3 Å². The van der Waals surface area contributed by atoms with E-state index in [9.17, 15) is 4.39 Å². The third-order valence-electron chi connectivity index (χ3n) is 3.41. The number of thiazole rings is 1. The molecule has 0 bridgehead atoms. The number of nitrogens with two attached hydrogens (primary N) is 2. The summed E-state index contributed by atoms with van der Waals surface area (Å²) in [4.78, 5) is 4.36. The number of aromatic nitrogens is 1. The van der Waals surface area contributed by atoms with Crippen LogP contribution in [0, 0.1) is 5.82 Å². The molecule has 2 heterocycles. The maximum Gasteiger partial charge on any atom is 0.150 e. The maximum atomic E-state index is 14.3. The van der Waals surface area contributed by atoms with Crippen molar-refractivity contribution < 1.29 is 4.39 Å². The molecule has 1 aromatic heterocycles. The van der Waals surface area contributed by atoms with Crippen molar-refractivity contribution in [2.75, 3.05) is 6.26 Å². The first-order valence-electron chi connectivity index (χ1n) is 6.34. The topological polar surface area (TPSA) is 77.0 Å². The fraction of sp³-hybridized carbons (Fsp3) is 0.214. The highest BCUT2D eigenvalue weighted by atomic mass is 32.2. The van der Waals surface area contributed by atoms with Gasteiger partial charge in [-0.3, -0.25) is 0 Å². The van der Waals surface area contributed by atoms with Crippen LogP contribution < -0.4 is 16.8 Å². The second-order valence-electron chi connectivity index (χ2n) is 4.87. The van der Waals surface area contributed by atoms with E-state index in [0.29, 0.717) is 16.8 Å². The second kappa shape index (κ2) is 5.32. The van der Waals surface area contributed by atoms with Crippen LogP contribution >= 0.6 is 23.1 Å². The summed E-state index contributed by atoms with van der Waals surface area (Å²) in [5, 5.41) is 3.01. The second-order valence-corrected chi connectivity index (χ2v) is 6.95. The molecule has 0 fully saturated rings. The summed E-state index contributed by atoms with van der Waals surface area (Å²) in [5.74, 6) is -0.311. The van der Waals surface area contributed by atoms with Crippen molar-refractivity contribution in [2.24, 2.45) is 11.5 Å². The number of thioether (sulfide) groups is 1. The zero-order valence-electron chi connectivity index (χ0n) is 11.4. The number of hydrogen-bond donors (Lipinski definition) is 3. The molecule has 0 aliphatic carbocycles. The molecule has 1 aliphatic heterocycles. The van der Waals surface area contributed by atoms with Crippen molar-refractivity contribution in [1.29, 1.82) is 0 Å². The van der Waals surface area contributed by atoms with Crippen LogP contribution in [0.2, 0.25) is 0 Å². The number of benzene rings is 1. The summed E-state index contributed by atoms with van der Waals surface area (Å²) in [6.45, 7) is 0. The van der Waals surface area contributed by atoms with Gasteiger partial charge in [0.2, 0.25) is 0 Å². The van der Waals surface area contributed by atoms with E-state index in [2.05, 4.69) is 10.3 Å². The number of allylic oxidation sites excluding steroid dienone is 2. The maximum absolute atomic E-state index is 14.3. The van der Waals surface area contributed by atoms with Crippen molar-refractivity contribution in [3.63, 3.8) is 0 Å². The Morgan fingerprint density at radius 1 is 1.48 bits per heavy atom. The normalized spacial score (nSPS) is 21.4. The zero-order valence-corrected chi connectivity index (χ0v) is 13.0. The monoisotopic (exact) mass is 322 g/mol. The lowest BCUT2D eigenvalue weighted by Crippen LogP contribution is -2.57. The van der Waals surface area contributed by atoms with Crippen molar-refractivity contribution in [2.45, 2.75) is 16.4 Å². The fourth-order valence-corrected chi connectivity index (χ4v) is 3.76. The zero-order chi connectivity index (χ0) is 15.0. The van der Waals surface area contributed by atoms with Crippen LogP contribution in [-0.2, 0) is 6.42 Å². The first kappa shape index (κ1) is 14.4. The van der Waals surface area contributed by atoms with Gasteiger partial charge in [-0.1, -0.05) is 11.8 Å². The summed E-state index contributed by atoms with van der Waals surface area (Å²) in [7, 11) is 0. The average molecular weight is 322 g/mol. The molecule has 1 atom stereocenters. The quantitative estimate of drug-likeness (QED) is 0.756. The smallest absolute Gasteiger partial charge is 0.150 e. The number of fused-ring (bicyclic) bond motifs is 1. The fourth-order valence-electron chi connectivity index (χ4n) is 2.23. The Morgan fingerprint density at radius 3 is 3.00 bits per heavy atom. The van der Waals surface area contributed by atoms with Crippen molar-refractivity contribution in [3.8, 4) is 0 Å². The first-order chi connectivity index (χ1) is 10.0. The van der Waals surface area contributed by atoms with E-state index in [1.165, 1.54) is 6.07 Å². The summed E-state index contributed by atoms with van der Waals surface area (Å²) < 4.78 is 16.2. The molecule has 0 saturated carbocycles. The van der Waals surface area contributed by atoms with Gasteiger partial charge in [0.25, 0.3) is 0 Å². The lowest BCUT2D eigenvalue weighted by Gasteiger charge is -2.32. The van der Waals surface area contributed by atoms with Crippen molar-refractivity contribution >= 4 is 33.3 Å². The number of halogens is 1. The van der Waals surface area contributed by atoms with Crippen LogP contribution in [-0.4, -0.2) is 16.9 Å².